The molecule has 1 heterocycles. The number of allylic oxidation sites excluding steroid dienone is 2. The third-order valence-corrected chi connectivity index (χ3v) is 6.54. The molecule has 0 aromatic carbocycles. The molecule has 0 unspecified atom stereocenters. The van der Waals surface area contributed by atoms with Crippen LogP contribution in [0.3, 0.4) is 0 Å². The first-order valence-corrected chi connectivity index (χ1v) is 11.2. The van der Waals surface area contributed by atoms with Gasteiger partial charge in [0.05, 0.1) is 24.9 Å². The molecule has 2 rings (SSSR count). The van der Waals surface area contributed by atoms with Crippen LogP contribution in [0.25, 0.3) is 0 Å². The lowest BCUT2D eigenvalue weighted by Gasteiger charge is -2.23. The second kappa shape index (κ2) is 11.6. The quantitative estimate of drug-likeness (QED) is 0.288. The number of carbonyl (C=O) groups is 1. The second-order valence-corrected chi connectivity index (χ2v) is 9.11. The molecular formula is C23H34O5S. The van der Waals surface area contributed by atoms with Crippen LogP contribution in [-0.4, -0.2) is 46.2 Å². The van der Waals surface area contributed by atoms with E-state index in [-0.39, 0.29) is 17.8 Å². The molecule has 162 valence electrons. The fraction of sp³-hybridized carbons (Fsp3) is 0.609. The van der Waals surface area contributed by atoms with Gasteiger partial charge in [-0.1, -0.05) is 30.4 Å². The summed E-state index contributed by atoms with van der Waals surface area (Å²) in [6, 6.07) is 4.07. The van der Waals surface area contributed by atoms with Crippen LogP contribution in [0.1, 0.15) is 50.3 Å². The van der Waals surface area contributed by atoms with Crippen molar-refractivity contribution in [1.29, 1.82) is 0 Å². The van der Waals surface area contributed by atoms with Crippen molar-refractivity contribution in [2.45, 2.75) is 69.7 Å². The third kappa shape index (κ3) is 8.05. The Balaban J connectivity index is 1.86. The largest absolute Gasteiger partial charge is 0.469 e. The summed E-state index contributed by atoms with van der Waals surface area (Å²) in [6.45, 7) is 1.78. The zero-order valence-electron chi connectivity index (χ0n) is 17.4. The van der Waals surface area contributed by atoms with Gasteiger partial charge in [-0.15, -0.1) is 11.3 Å². The van der Waals surface area contributed by atoms with E-state index in [1.165, 1.54) is 12.0 Å². The Morgan fingerprint density at radius 3 is 2.83 bits per heavy atom. The molecule has 0 bridgehead atoms. The van der Waals surface area contributed by atoms with Crippen LogP contribution in [0.5, 0.6) is 0 Å². The maximum Gasteiger partial charge on any atom is 0.305 e. The number of hydrogen-bond acceptors (Lipinski definition) is 6. The van der Waals surface area contributed by atoms with Gasteiger partial charge < -0.3 is 20.1 Å². The summed E-state index contributed by atoms with van der Waals surface area (Å²) < 4.78 is 4.62. The fourth-order valence-electron chi connectivity index (χ4n) is 3.78. The molecule has 6 heteroatoms. The molecule has 0 radical (unpaired) electrons. The molecule has 1 aromatic heterocycles. The van der Waals surface area contributed by atoms with E-state index in [1.807, 2.05) is 29.7 Å². The molecule has 1 aliphatic rings. The van der Waals surface area contributed by atoms with Gasteiger partial charge in [0.1, 0.15) is 0 Å². The molecule has 1 aromatic rings. The Bertz CT molecular complexity index is 665. The van der Waals surface area contributed by atoms with Gasteiger partial charge in [0, 0.05) is 23.6 Å². The number of thiophene rings is 1. The van der Waals surface area contributed by atoms with Crippen molar-refractivity contribution in [3.63, 3.8) is 0 Å². The summed E-state index contributed by atoms with van der Waals surface area (Å²) in [5, 5.41) is 33.4. The summed E-state index contributed by atoms with van der Waals surface area (Å²) in [4.78, 5) is 12.3. The SMILES string of the molecule is COC(=O)CCC/C=C\C[C@@H]1[C@@H](/C=C/[C@@](C)(O)CCc2cccs2)[C@H](O)C[C@@H]1O. The van der Waals surface area contributed by atoms with Gasteiger partial charge in [0.25, 0.3) is 0 Å². The van der Waals surface area contributed by atoms with E-state index in [0.717, 1.165) is 19.3 Å². The predicted octanol–water partition coefficient (Wildman–Crippen LogP) is 3.64. The molecule has 0 amide bonds. The van der Waals surface area contributed by atoms with E-state index < -0.39 is 17.8 Å². The normalized spacial score (nSPS) is 26.9. The van der Waals surface area contributed by atoms with Crippen molar-refractivity contribution >= 4 is 17.3 Å². The Morgan fingerprint density at radius 2 is 2.14 bits per heavy atom. The minimum atomic E-state index is -0.953. The molecule has 1 fully saturated rings. The Kier molecular flexibility index (Phi) is 9.56. The van der Waals surface area contributed by atoms with Crippen molar-refractivity contribution in [2.75, 3.05) is 7.11 Å². The van der Waals surface area contributed by atoms with E-state index >= 15 is 0 Å². The lowest BCUT2D eigenvalue weighted by molar-refractivity contribution is -0.140. The van der Waals surface area contributed by atoms with Gasteiger partial charge >= 0.3 is 5.97 Å². The third-order valence-electron chi connectivity index (χ3n) is 5.61. The molecule has 0 aliphatic heterocycles. The van der Waals surface area contributed by atoms with Crippen LogP contribution in [0.2, 0.25) is 0 Å². The van der Waals surface area contributed by atoms with Gasteiger partial charge in [-0.3, -0.25) is 4.79 Å². The van der Waals surface area contributed by atoms with Crippen LogP contribution in [0.15, 0.2) is 41.8 Å². The van der Waals surface area contributed by atoms with Crippen LogP contribution in [-0.2, 0) is 16.0 Å². The summed E-state index contributed by atoms with van der Waals surface area (Å²) in [6.07, 6.45) is 10.9. The molecule has 1 saturated carbocycles. The first-order chi connectivity index (χ1) is 13.8. The number of aryl methyl sites for hydroxylation is 1. The van der Waals surface area contributed by atoms with Gasteiger partial charge in [-0.2, -0.15) is 0 Å². The number of ether oxygens (including phenoxy) is 1. The number of carbonyl (C=O) groups excluding carboxylic acids is 1. The zero-order valence-corrected chi connectivity index (χ0v) is 18.2. The molecule has 0 saturated heterocycles. The Hall–Kier alpha value is -1.47. The number of rotatable bonds is 11. The molecule has 3 N–H and O–H groups in total. The van der Waals surface area contributed by atoms with Gasteiger partial charge in [0.15, 0.2) is 0 Å². The van der Waals surface area contributed by atoms with Crippen LogP contribution < -0.4 is 0 Å². The maximum absolute atomic E-state index is 11.1. The molecule has 5 atom stereocenters. The average Bonchev–Trinajstić information content (AvgIpc) is 3.29. The maximum atomic E-state index is 11.1. The summed E-state index contributed by atoms with van der Waals surface area (Å²) in [5.74, 6) is -0.465. The highest BCUT2D eigenvalue weighted by Gasteiger charge is 2.39. The number of methoxy groups -OCH3 is 1. The van der Waals surface area contributed by atoms with Crippen molar-refractivity contribution in [2.24, 2.45) is 11.8 Å². The lowest BCUT2D eigenvalue weighted by Crippen LogP contribution is -2.24. The standard InChI is InChI=1S/C23H34O5S/c1-23(27,13-11-17-8-7-15-29-17)14-12-19-18(20(24)16-21(19)25)9-5-3-4-6-10-22(26)28-2/h3,5,7-8,12,14-15,18-21,24-25,27H,4,6,9-11,13,16H2,1-2H3/b5-3-,14-12+/t18-,19-,20+,21-,23+/m1/s1. The molecule has 1 aliphatic carbocycles. The van der Waals surface area contributed by atoms with Crippen LogP contribution >= 0.6 is 11.3 Å². The lowest BCUT2D eigenvalue weighted by atomic mass is 9.88. The number of esters is 1. The van der Waals surface area contributed by atoms with Gasteiger partial charge in [0.2, 0.25) is 0 Å². The molecule has 5 nitrogen and oxygen atoms in total. The van der Waals surface area contributed by atoms with Gasteiger partial charge in [-0.25, -0.2) is 0 Å². The number of unbranched alkanes of at least 4 members (excludes halogenated alkanes) is 1. The minimum absolute atomic E-state index is 0.0776. The van der Waals surface area contributed by atoms with Crippen LogP contribution in [0.4, 0.5) is 0 Å². The minimum Gasteiger partial charge on any atom is -0.469 e. The van der Waals surface area contributed by atoms with E-state index in [2.05, 4.69) is 10.8 Å². The second-order valence-electron chi connectivity index (χ2n) is 8.08. The number of hydrogen-bond donors (Lipinski definition) is 3. The van der Waals surface area contributed by atoms with E-state index in [0.29, 0.717) is 25.7 Å². The number of aliphatic hydroxyl groups is 3. The van der Waals surface area contributed by atoms with E-state index in [9.17, 15) is 20.1 Å². The topological polar surface area (TPSA) is 87.0 Å². The highest BCUT2D eigenvalue weighted by molar-refractivity contribution is 7.09. The Labute approximate surface area is 177 Å². The molecular weight excluding hydrogens is 388 g/mol. The van der Waals surface area contributed by atoms with Crippen molar-refractivity contribution in [3.05, 3.63) is 46.7 Å². The average molecular weight is 423 g/mol. The van der Waals surface area contributed by atoms with Crippen molar-refractivity contribution < 1.29 is 24.9 Å². The van der Waals surface area contributed by atoms with E-state index in [4.69, 9.17) is 0 Å². The van der Waals surface area contributed by atoms with E-state index in [1.54, 1.807) is 24.3 Å². The van der Waals surface area contributed by atoms with Crippen molar-refractivity contribution in [1.82, 2.24) is 0 Å². The number of aliphatic hydroxyl groups excluding tert-OH is 2. The monoisotopic (exact) mass is 422 g/mol. The van der Waals surface area contributed by atoms with Crippen LogP contribution in [0, 0.1) is 11.8 Å². The van der Waals surface area contributed by atoms with Gasteiger partial charge in [-0.05, 0) is 56.4 Å². The molecule has 29 heavy (non-hydrogen) atoms. The highest BCUT2D eigenvalue weighted by Crippen LogP contribution is 2.37. The highest BCUT2D eigenvalue weighted by atomic mass is 32.1. The predicted molar refractivity (Wildman–Crippen MR) is 116 cm³/mol. The summed E-state index contributed by atoms with van der Waals surface area (Å²) in [7, 11) is 1.39. The smallest absolute Gasteiger partial charge is 0.305 e. The first-order valence-electron chi connectivity index (χ1n) is 10.3. The zero-order chi connectivity index (χ0) is 21.3. The first kappa shape index (κ1) is 23.8. The fourth-order valence-corrected chi connectivity index (χ4v) is 4.49. The summed E-state index contributed by atoms with van der Waals surface area (Å²) in [5.41, 5.74) is -0.953. The van der Waals surface area contributed by atoms with Crippen molar-refractivity contribution in [3.8, 4) is 0 Å². The Morgan fingerprint density at radius 1 is 1.34 bits per heavy atom. The summed E-state index contributed by atoms with van der Waals surface area (Å²) >= 11 is 1.68. The molecule has 0 spiro atoms.